The fourth-order valence-corrected chi connectivity index (χ4v) is 2.41. The van der Waals surface area contributed by atoms with Crippen LogP contribution in [0.4, 0.5) is 4.79 Å². The number of carbonyl (C=O) groups is 2. The Hall–Kier alpha value is -2.44. The zero-order chi connectivity index (χ0) is 18.4. The van der Waals surface area contributed by atoms with Crippen LogP contribution in [0, 0.1) is 12.8 Å². The SMILES string of the molecule is COc1cc(C)c(C(C)NC(=O)N(C)CC(C)C(=O)O)cc1OC. The summed E-state index contributed by atoms with van der Waals surface area (Å²) in [5, 5.41) is 11.8. The van der Waals surface area contributed by atoms with E-state index in [0.29, 0.717) is 11.5 Å². The van der Waals surface area contributed by atoms with E-state index in [-0.39, 0.29) is 18.6 Å². The number of aryl methyl sites for hydroxylation is 1. The number of carboxylic acids is 1. The summed E-state index contributed by atoms with van der Waals surface area (Å²) in [6.45, 7) is 5.49. The van der Waals surface area contributed by atoms with Gasteiger partial charge in [0.15, 0.2) is 11.5 Å². The van der Waals surface area contributed by atoms with Crippen LogP contribution in [-0.2, 0) is 4.79 Å². The quantitative estimate of drug-likeness (QED) is 0.797. The molecule has 0 aliphatic rings. The molecule has 1 aromatic rings. The minimum absolute atomic E-state index is 0.138. The molecule has 0 bridgehead atoms. The lowest BCUT2D eigenvalue weighted by molar-refractivity contribution is -0.141. The van der Waals surface area contributed by atoms with Crippen LogP contribution < -0.4 is 14.8 Å². The number of hydrogen-bond acceptors (Lipinski definition) is 4. The number of rotatable bonds is 7. The summed E-state index contributed by atoms with van der Waals surface area (Å²) in [7, 11) is 4.70. The minimum atomic E-state index is -0.932. The van der Waals surface area contributed by atoms with Gasteiger partial charge in [-0.15, -0.1) is 0 Å². The number of benzene rings is 1. The van der Waals surface area contributed by atoms with Gasteiger partial charge in [0.1, 0.15) is 0 Å². The number of nitrogens with zero attached hydrogens (tertiary/aromatic N) is 1. The van der Waals surface area contributed by atoms with Gasteiger partial charge in [0.2, 0.25) is 0 Å². The fourth-order valence-electron chi connectivity index (χ4n) is 2.41. The Bertz CT molecular complexity index is 603. The number of amides is 2. The minimum Gasteiger partial charge on any atom is -0.493 e. The molecule has 0 spiro atoms. The van der Waals surface area contributed by atoms with Gasteiger partial charge in [-0.25, -0.2) is 4.79 Å². The second-order valence-electron chi connectivity index (χ2n) is 5.85. The van der Waals surface area contributed by atoms with Gasteiger partial charge in [-0.2, -0.15) is 0 Å². The summed E-state index contributed by atoms with van der Waals surface area (Å²) in [5.41, 5.74) is 1.86. The zero-order valence-corrected chi connectivity index (χ0v) is 15.0. The molecule has 2 unspecified atom stereocenters. The van der Waals surface area contributed by atoms with E-state index in [1.807, 2.05) is 26.0 Å². The first-order chi connectivity index (χ1) is 11.2. The van der Waals surface area contributed by atoms with Crippen molar-refractivity contribution in [2.24, 2.45) is 5.92 Å². The normalized spacial score (nSPS) is 12.9. The van der Waals surface area contributed by atoms with Crippen molar-refractivity contribution < 1.29 is 24.2 Å². The number of carbonyl (C=O) groups excluding carboxylic acids is 1. The molecule has 134 valence electrons. The molecule has 0 saturated carbocycles. The van der Waals surface area contributed by atoms with Crippen molar-refractivity contribution in [3.05, 3.63) is 23.3 Å². The van der Waals surface area contributed by atoms with E-state index in [4.69, 9.17) is 14.6 Å². The molecule has 2 atom stereocenters. The Balaban J connectivity index is 2.85. The van der Waals surface area contributed by atoms with Crippen molar-refractivity contribution in [3.63, 3.8) is 0 Å². The third-order valence-corrected chi connectivity index (χ3v) is 3.89. The van der Waals surface area contributed by atoms with E-state index in [9.17, 15) is 9.59 Å². The number of hydrogen-bond donors (Lipinski definition) is 2. The van der Waals surface area contributed by atoms with Gasteiger partial charge in [-0.05, 0) is 37.1 Å². The highest BCUT2D eigenvalue weighted by Gasteiger charge is 2.20. The van der Waals surface area contributed by atoms with E-state index in [0.717, 1.165) is 11.1 Å². The molecule has 1 aromatic carbocycles. The molecule has 1 rings (SSSR count). The number of ether oxygens (including phenoxy) is 2. The lowest BCUT2D eigenvalue weighted by Crippen LogP contribution is -2.41. The van der Waals surface area contributed by atoms with Gasteiger partial charge < -0.3 is 24.8 Å². The van der Waals surface area contributed by atoms with Crippen LogP contribution in [0.15, 0.2) is 12.1 Å². The zero-order valence-electron chi connectivity index (χ0n) is 15.0. The average molecular weight is 338 g/mol. The molecule has 0 fully saturated rings. The molecule has 0 aromatic heterocycles. The number of methoxy groups -OCH3 is 2. The maximum Gasteiger partial charge on any atom is 0.317 e. The van der Waals surface area contributed by atoms with Gasteiger partial charge in [0.05, 0.1) is 26.2 Å². The number of nitrogens with one attached hydrogen (secondary N) is 1. The molecule has 0 saturated heterocycles. The molecule has 2 N–H and O–H groups in total. The van der Waals surface area contributed by atoms with Crippen molar-refractivity contribution in [3.8, 4) is 11.5 Å². The Morgan fingerprint density at radius 3 is 2.25 bits per heavy atom. The molecule has 2 amide bonds. The topological polar surface area (TPSA) is 88.1 Å². The van der Waals surface area contributed by atoms with Gasteiger partial charge in [0, 0.05) is 13.6 Å². The summed E-state index contributed by atoms with van der Waals surface area (Å²) >= 11 is 0. The van der Waals surface area contributed by atoms with Crippen LogP contribution in [0.3, 0.4) is 0 Å². The van der Waals surface area contributed by atoms with Crippen LogP contribution in [0.2, 0.25) is 0 Å². The van der Waals surface area contributed by atoms with Crippen molar-refractivity contribution in [1.82, 2.24) is 10.2 Å². The Morgan fingerprint density at radius 1 is 1.21 bits per heavy atom. The Morgan fingerprint density at radius 2 is 1.75 bits per heavy atom. The second-order valence-corrected chi connectivity index (χ2v) is 5.85. The largest absolute Gasteiger partial charge is 0.493 e. The van der Waals surface area contributed by atoms with Crippen LogP contribution in [0.5, 0.6) is 11.5 Å². The molecule has 7 nitrogen and oxygen atoms in total. The third-order valence-electron chi connectivity index (χ3n) is 3.89. The first-order valence-corrected chi connectivity index (χ1v) is 7.68. The predicted molar refractivity (Wildman–Crippen MR) is 90.7 cm³/mol. The van der Waals surface area contributed by atoms with Crippen molar-refractivity contribution in [2.75, 3.05) is 27.8 Å². The fraction of sp³-hybridized carbons (Fsp3) is 0.529. The highest BCUT2D eigenvalue weighted by atomic mass is 16.5. The lowest BCUT2D eigenvalue weighted by Gasteiger charge is -2.24. The maximum absolute atomic E-state index is 12.2. The van der Waals surface area contributed by atoms with Gasteiger partial charge in [0.25, 0.3) is 0 Å². The molecular formula is C17H26N2O5. The summed E-state index contributed by atoms with van der Waals surface area (Å²) in [6.07, 6.45) is 0. The summed E-state index contributed by atoms with van der Waals surface area (Å²) in [5.74, 6) is -0.339. The number of aliphatic carboxylic acids is 1. The first-order valence-electron chi connectivity index (χ1n) is 7.68. The van der Waals surface area contributed by atoms with Crippen LogP contribution in [-0.4, -0.2) is 49.8 Å². The molecule has 0 heterocycles. The first kappa shape index (κ1) is 19.6. The van der Waals surface area contributed by atoms with E-state index in [1.165, 1.54) is 4.90 Å². The summed E-state index contributed by atoms with van der Waals surface area (Å²) < 4.78 is 10.6. The summed E-state index contributed by atoms with van der Waals surface area (Å²) in [6, 6.07) is 3.09. The summed E-state index contributed by atoms with van der Waals surface area (Å²) in [4.78, 5) is 24.5. The Labute approximate surface area is 142 Å². The van der Waals surface area contributed by atoms with Crippen LogP contribution in [0.25, 0.3) is 0 Å². The number of carboxylic acid groups (broad SMARTS) is 1. The maximum atomic E-state index is 12.2. The van der Waals surface area contributed by atoms with E-state index in [1.54, 1.807) is 28.2 Å². The average Bonchev–Trinajstić information content (AvgIpc) is 2.53. The van der Waals surface area contributed by atoms with E-state index < -0.39 is 11.9 Å². The molecule has 7 heteroatoms. The van der Waals surface area contributed by atoms with Crippen molar-refractivity contribution in [1.29, 1.82) is 0 Å². The molecule has 0 radical (unpaired) electrons. The van der Waals surface area contributed by atoms with Gasteiger partial charge in [-0.1, -0.05) is 6.92 Å². The standard InChI is InChI=1S/C17H26N2O5/c1-10-7-14(23-5)15(24-6)8-13(10)12(3)18-17(22)19(4)9-11(2)16(20)21/h7-8,11-12H,9H2,1-6H3,(H,18,22)(H,20,21). The number of urea groups is 1. The predicted octanol–water partition coefficient (Wildman–Crippen LogP) is 2.44. The van der Waals surface area contributed by atoms with Crippen LogP contribution >= 0.6 is 0 Å². The smallest absolute Gasteiger partial charge is 0.317 e. The van der Waals surface area contributed by atoms with E-state index in [2.05, 4.69) is 5.32 Å². The Kier molecular flexibility index (Phi) is 6.88. The molecule has 24 heavy (non-hydrogen) atoms. The van der Waals surface area contributed by atoms with E-state index >= 15 is 0 Å². The molecular weight excluding hydrogens is 312 g/mol. The highest BCUT2D eigenvalue weighted by Crippen LogP contribution is 2.32. The molecule has 0 aliphatic carbocycles. The lowest BCUT2D eigenvalue weighted by atomic mass is 10.0. The van der Waals surface area contributed by atoms with Gasteiger partial charge in [-0.3, -0.25) is 4.79 Å². The monoisotopic (exact) mass is 338 g/mol. The second kappa shape index (κ2) is 8.42. The highest BCUT2D eigenvalue weighted by molar-refractivity contribution is 5.76. The molecule has 0 aliphatic heterocycles. The van der Waals surface area contributed by atoms with Crippen LogP contribution in [0.1, 0.15) is 31.0 Å². The van der Waals surface area contributed by atoms with Crippen molar-refractivity contribution in [2.45, 2.75) is 26.8 Å². The third kappa shape index (κ3) is 4.78. The van der Waals surface area contributed by atoms with Gasteiger partial charge >= 0.3 is 12.0 Å². The van der Waals surface area contributed by atoms with Crippen molar-refractivity contribution >= 4 is 12.0 Å².